The third-order valence-electron chi connectivity index (χ3n) is 2.09. The van der Waals surface area contributed by atoms with Gasteiger partial charge >= 0.3 is 5.97 Å². The van der Waals surface area contributed by atoms with Gasteiger partial charge in [-0.25, -0.2) is 4.79 Å². The SMILES string of the molecule is CCOC(=O)C(C)Oc1ccc(CN)cc1. The van der Waals surface area contributed by atoms with E-state index < -0.39 is 6.10 Å². The topological polar surface area (TPSA) is 61.5 Å². The molecule has 0 amide bonds. The zero-order chi connectivity index (χ0) is 12.0. The molecule has 4 heteroatoms. The van der Waals surface area contributed by atoms with Crippen LogP contribution in [0.4, 0.5) is 0 Å². The third kappa shape index (κ3) is 3.55. The van der Waals surface area contributed by atoms with Gasteiger partial charge in [-0.1, -0.05) is 12.1 Å². The number of nitrogens with two attached hydrogens (primary N) is 1. The molecule has 16 heavy (non-hydrogen) atoms. The molecule has 0 aliphatic heterocycles. The van der Waals surface area contributed by atoms with Crippen LogP contribution >= 0.6 is 0 Å². The van der Waals surface area contributed by atoms with Gasteiger partial charge in [-0.15, -0.1) is 0 Å². The van der Waals surface area contributed by atoms with Gasteiger partial charge in [0.05, 0.1) is 6.61 Å². The van der Waals surface area contributed by atoms with E-state index in [1.165, 1.54) is 0 Å². The van der Waals surface area contributed by atoms with Crippen LogP contribution in [0.2, 0.25) is 0 Å². The molecule has 1 rings (SSSR count). The summed E-state index contributed by atoms with van der Waals surface area (Å²) in [7, 11) is 0. The van der Waals surface area contributed by atoms with Crippen molar-refractivity contribution in [2.75, 3.05) is 6.61 Å². The molecule has 0 saturated carbocycles. The van der Waals surface area contributed by atoms with Crippen molar-refractivity contribution < 1.29 is 14.3 Å². The molecular weight excluding hydrogens is 206 g/mol. The van der Waals surface area contributed by atoms with Crippen molar-refractivity contribution in [2.24, 2.45) is 5.73 Å². The van der Waals surface area contributed by atoms with E-state index in [2.05, 4.69) is 0 Å². The van der Waals surface area contributed by atoms with Crippen LogP contribution in [0.1, 0.15) is 19.4 Å². The van der Waals surface area contributed by atoms with Crippen molar-refractivity contribution in [2.45, 2.75) is 26.5 Å². The van der Waals surface area contributed by atoms with E-state index >= 15 is 0 Å². The molecule has 1 unspecified atom stereocenters. The first kappa shape index (κ1) is 12.5. The molecule has 0 bridgehead atoms. The molecule has 0 spiro atoms. The third-order valence-corrected chi connectivity index (χ3v) is 2.09. The Hall–Kier alpha value is -1.55. The first-order chi connectivity index (χ1) is 7.67. The minimum atomic E-state index is -0.594. The summed E-state index contributed by atoms with van der Waals surface area (Å²) in [6.45, 7) is 4.28. The van der Waals surface area contributed by atoms with E-state index in [9.17, 15) is 4.79 Å². The van der Waals surface area contributed by atoms with Crippen LogP contribution in [0.15, 0.2) is 24.3 Å². The second-order valence-corrected chi connectivity index (χ2v) is 3.36. The van der Waals surface area contributed by atoms with E-state index in [0.717, 1.165) is 5.56 Å². The molecule has 4 nitrogen and oxygen atoms in total. The Morgan fingerprint density at radius 1 is 1.38 bits per heavy atom. The van der Waals surface area contributed by atoms with Gasteiger partial charge in [-0.2, -0.15) is 0 Å². The van der Waals surface area contributed by atoms with Crippen molar-refractivity contribution in [3.05, 3.63) is 29.8 Å². The zero-order valence-electron chi connectivity index (χ0n) is 9.60. The summed E-state index contributed by atoms with van der Waals surface area (Å²) in [5.41, 5.74) is 6.50. The fraction of sp³-hybridized carbons (Fsp3) is 0.417. The number of esters is 1. The van der Waals surface area contributed by atoms with Crippen LogP contribution in [0.3, 0.4) is 0 Å². The van der Waals surface area contributed by atoms with Gasteiger partial charge in [0.25, 0.3) is 0 Å². The van der Waals surface area contributed by atoms with Crippen LogP contribution in [-0.2, 0) is 16.1 Å². The highest BCUT2D eigenvalue weighted by molar-refractivity contribution is 5.74. The summed E-state index contributed by atoms with van der Waals surface area (Å²) >= 11 is 0. The maximum atomic E-state index is 11.3. The molecule has 0 saturated heterocycles. The first-order valence-electron chi connectivity index (χ1n) is 5.29. The van der Waals surface area contributed by atoms with E-state index in [1.54, 1.807) is 26.0 Å². The normalized spacial score (nSPS) is 11.9. The second-order valence-electron chi connectivity index (χ2n) is 3.36. The number of ether oxygens (including phenoxy) is 2. The van der Waals surface area contributed by atoms with Gasteiger partial charge in [-0.05, 0) is 31.5 Å². The van der Waals surface area contributed by atoms with E-state index in [-0.39, 0.29) is 5.97 Å². The maximum Gasteiger partial charge on any atom is 0.347 e. The lowest BCUT2D eigenvalue weighted by atomic mass is 10.2. The number of hydrogen-bond donors (Lipinski definition) is 1. The monoisotopic (exact) mass is 223 g/mol. The number of carbonyl (C=O) groups excluding carboxylic acids is 1. The largest absolute Gasteiger partial charge is 0.479 e. The highest BCUT2D eigenvalue weighted by Crippen LogP contribution is 2.14. The van der Waals surface area contributed by atoms with Gasteiger partial charge in [0.1, 0.15) is 5.75 Å². The standard InChI is InChI=1S/C12H17NO3/c1-3-15-12(14)9(2)16-11-6-4-10(8-13)5-7-11/h4-7,9H,3,8,13H2,1-2H3. The average Bonchev–Trinajstić information content (AvgIpc) is 2.30. The molecule has 1 aromatic carbocycles. The molecular formula is C12H17NO3. The lowest BCUT2D eigenvalue weighted by Gasteiger charge is -2.13. The number of rotatable bonds is 5. The molecule has 0 radical (unpaired) electrons. The lowest BCUT2D eigenvalue weighted by Crippen LogP contribution is -2.26. The Bertz CT molecular complexity index is 335. The molecule has 2 N–H and O–H groups in total. The molecule has 0 aromatic heterocycles. The van der Waals surface area contributed by atoms with Crippen LogP contribution < -0.4 is 10.5 Å². The Balaban J connectivity index is 2.55. The predicted molar refractivity (Wildman–Crippen MR) is 61.1 cm³/mol. The number of benzene rings is 1. The highest BCUT2D eigenvalue weighted by atomic mass is 16.6. The molecule has 0 fully saturated rings. The van der Waals surface area contributed by atoms with Crippen LogP contribution in [0.5, 0.6) is 5.75 Å². The van der Waals surface area contributed by atoms with Gasteiger partial charge in [-0.3, -0.25) is 0 Å². The van der Waals surface area contributed by atoms with Gasteiger partial charge < -0.3 is 15.2 Å². The minimum absolute atomic E-state index is 0.356. The quantitative estimate of drug-likeness (QED) is 0.768. The Labute approximate surface area is 95.3 Å². The molecule has 0 heterocycles. The first-order valence-corrected chi connectivity index (χ1v) is 5.29. The van der Waals surface area contributed by atoms with E-state index in [0.29, 0.717) is 18.9 Å². The Morgan fingerprint density at radius 3 is 2.50 bits per heavy atom. The summed E-state index contributed by atoms with van der Waals surface area (Å²) in [5, 5.41) is 0. The summed E-state index contributed by atoms with van der Waals surface area (Å²) in [6, 6.07) is 7.32. The smallest absolute Gasteiger partial charge is 0.347 e. The van der Waals surface area contributed by atoms with E-state index in [1.807, 2.05) is 12.1 Å². The average molecular weight is 223 g/mol. The summed E-state index contributed by atoms with van der Waals surface area (Å²) in [5.74, 6) is 0.281. The fourth-order valence-corrected chi connectivity index (χ4v) is 1.22. The molecule has 1 atom stereocenters. The van der Waals surface area contributed by atoms with Crippen LogP contribution in [0, 0.1) is 0 Å². The van der Waals surface area contributed by atoms with E-state index in [4.69, 9.17) is 15.2 Å². The van der Waals surface area contributed by atoms with Crippen molar-refractivity contribution in [3.63, 3.8) is 0 Å². The van der Waals surface area contributed by atoms with Crippen molar-refractivity contribution in [3.8, 4) is 5.75 Å². The molecule has 0 aliphatic rings. The molecule has 88 valence electrons. The maximum absolute atomic E-state index is 11.3. The highest BCUT2D eigenvalue weighted by Gasteiger charge is 2.15. The summed E-state index contributed by atoms with van der Waals surface area (Å²) < 4.78 is 10.2. The van der Waals surface area contributed by atoms with Crippen molar-refractivity contribution >= 4 is 5.97 Å². The molecule has 0 aliphatic carbocycles. The zero-order valence-corrected chi connectivity index (χ0v) is 9.60. The summed E-state index contributed by atoms with van der Waals surface area (Å²) in [6.07, 6.45) is -0.594. The second kappa shape index (κ2) is 6.12. The van der Waals surface area contributed by atoms with Crippen LogP contribution in [0.25, 0.3) is 0 Å². The Kier molecular flexibility index (Phi) is 4.79. The van der Waals surface area contributed by atoms with Gasteiger partial charge in [0.15, 0.2) is 6.10 Å². The number of hydrogen-bond acceptors (Lipinski definition) is 4. The Morgan fingerprint density at radius 2 is 2.00 bits per heavy atom. The number of carbonyl (C=O) groups is 1. The summed E-state index contributed by atoms with van der Waals surface area (Å²) in [4.78, 5) is 11.3. The van der Waals surface area contributed by atoms with Gasteiger partial charge in [0.2, 0.25) is 0 Å². The fourth-order valence-electron chi connectivity index (χ4n) is 1.22. The van der Waals surface area contributed by atoms with Crippen LogP contribution in [-0.4, -0.2) is 18.7 Å². The molecule has 1 aromatic rings. The van der Waals surface area contributed by atoms with Crippen molar-refractivity contribution in [1.82, 2.24) is 0 Å². The lowest BCUT2D eigenvalue weighted by molar-refractivity contribution is -0.150. The van der Waals surface area contributed by atoms with Gasteiger partial charge in [0, 0.05) is 6.54 Å². The predicted octanol–water partition coefficient (Wildman–Crippen LogP) is 1.48. The van der Waals surface area contributed by atoms with Crippen molar-refractivity contribution in [1.29, 1.82) is 0 Å². The minimum Gasteiger partial charge on any atom is -0.479 e.